The van der Waals surface area contributed by atoms with Crippen LogP contribution < -0.4 is 19.7 Å². The molecule has 0 saturated heterocycles. The van der Waals surface area contributed by atoms with E-state index in [0.29, 0.717) is 11.6 Å². The SMILES string of the molecule is CCc1ccc([C@H]2c3c(C)nn(-c4ccccc4)c3N=C3C(Nc4ccc5c(c4)OCO5)=Nc4ccccc4N32)cc1. The molecule has 0 spiro atoms. The van der Waals surface area contributed by atoms with Gasteiger partial charge in [0.05, 0.1) is 28.8 Å². The number of rotatable bonds is 4. The van der Waals surface area contributed by atoms with Crippen LogP contribution in [-0.2, 0) is 6.42 Å². The highest BCUT2D eigenvalue weighted by Gasteiger charge is 2.41. The van der Waals surface area contributed by atoms with Crippen molar-refractivity contribution in [2.24, 2.45) is 9.98 Å². The van der Waals surface area contributed by atoms with Gasteiger partial charge < -0.3 is 19.7 Å². The molecule has 206 valence electrons. The molecule has 1 aromatic heterocycles. The first-order valence-corrected chi connectivity index (χ1v) is 14.1. The second-order valence-electron chi connectivity index (χ2n) is 10.5. The van der Waals surface area contributed by atoms with Crippen LogP contribution in [0.15, 0.2) is 107 Å². The molecule has 0 fully saturated rings. The van der Waals surface area contributed by atoms with Crippen LogP contribution in [0.2, 0.25) is 0 Å². The summed E-state index contributed by atoms with van der Waals surface area (Å²) in [5.41, 5.74) is 8.13. The van der Waals surface area contributed by atoms with E-state index in [1.165, 1.54) is 5.56 Å². The van der Waals surface area contributed by atoms with Gasteiger partial charge in [0, 0.05) is 17.3 Å². The molecule has 0 unspecified atom stereocenters. The lowest BCUT2D eigenvalue weighted by Gasteiger charge is -2.40. The summed E-state index contributed by atoms with van der Waals surface area (Å²) < 4.78 is 13.1. The largest absolute Gasteiger partial charge is 0.454 e. The monoisotopic (exact) mass is 552 g/mol. The fraction of sp³-hybridized carbons (Fsp3) is 0.147. The topological polar surface area (TPSA) is 76.3 Å². The number of nitrogens with zero attached hydrogens (tertiary/aromatic N) is 5. The predicted octanol–water partition coefficient (Wildman–Crippen LogP) is 7.27. The molecule has 0 bridgehead atoms. The van der Waals surface area contributed by atoms with Crippen molar-refractivity contribution in [1.29, 1.82) is 0 Å². The number of hydrogen-bond acceptors (Lipinski definition) is 7. The molecule has 1 atom stereocenters. The molecule has 42 heavy (non-hydrogen) atoms. The third-order valence-corrected chi connectivity index (χ3v) is 7.98. The zero-order chi connectivity index (χ0) is 28.2. The highest BCUT2D eigenvalue weighted by molar-refractivity contribution is 6.51. The molecule has 5 aromatic rings. The molecular weight excluding hydrogens is 524 g/mol. The summed E-state index contributed by atoms with van der Waals surface area (Å²) >= 11 is 0. The Kier molecular flexibility index (Phi) is 5.60. The minimum atomic E-state index is -0.166. The number of anilines is 2. The van der Waals surface area contributed by atoms with Gasteiger partial charge in [-0.15, -0.1) is 0 Å². The van der Waals surface area contributed by atoms with Crippen molar-refractivity contribution in [3.8, 4) is 17.2 Å². The number of nitrogens with one attached hydrogen (secondary N) is 1. The number of fused-ring (bicyclic) bond motifs is 5. The van der Waals surface area contributed by atoms with E-state index in [4.69, 9.17) is 24.6 Å². The van der Waals surface area contributed by atoms with Gasteiger partial charge in [0.25, 0.3) is 0 Å². The van der Waals surface area contributed by atoms with Gasteiger partial charge in [0.15, 0.2) is 29.0 Å². The molecule has 8 rings (SSSR count). The number of para-hydroxylation sites is 3. The molecule has 4 aromatic carbocycles. The first-order valence-electron chi connectivity index (χ1n) is 14.1. The Balaban J connectivity index is 1.35. The van der Waals surface area contributed by atoms with E-state index in [-0.39, 0.29) is 12.8 Å². The number of aliphatic imine (C=N–C) groups is 2. The van der Waals surface area contributed by atoms with Gasteiger partial charge in [-0.1, -0.05) is 61.5 Å². The second kappa shape index (κ2) is 9.62. The molecular formula is C34H28N6O2. The number of benzene rings is 4. The average Bonchev–Trinajstić information content (AvgIpc) is 3.64. The summed E-state index contributed by atoms with van der Waals surface area (Å²) in [5, 5.41) is 8.58. The first-order chi connectivity index (χ1) is 20.7. The predicted molar refractivity (Wildman–Crippen MR) is 165 cm³/mol. The Labute approximate surface area is 243 Å². The Hall–Kier alpha value is -5.37. The van der Waals surface area contributed by atoms with Gasteiger partial charge in [-0.2, -0.15) is 5.10 Å². The van der Waals surface area contributed by atoms with Crippen LogP contribution in [0.3, 0.4) is 0 Å². The Morgan fingerprint density at radius 3 is 2.48 bits per heavy atom. The lowest BCUT2D eigenvalue weighted by Crippen LogP contribution is -2.46. The van der Waals surface area contributed by atoms with E-state index in [1.807, 2.05) is 53.2 Å². The first kappa shape index (κ1) is 24.4. The minimum Gasteiger partial charge on any atom is -0.454 e. The molecule has 1 N–H and O–H groups in total. The molecule has 0 aliphatic carbocycles. The van der Waals surface area contributed by atoms with Crippen molar-refractivity contribution < 1.29 is 9.47 Å². The number of aryl methyl sites for hydroxylation is 2. The van der Waals surface area contributed by atoms with E-state index in [0.717, 1.165) is 63.4 Å². The number of aromatic nitrogens is 2. The molecule has 4 heterocycles. The molecule has 3 aliphatic heterocycles. The summed E-state index contributed by atoms with van der Waals surface area (Å²) in [4.78, 5) is 12.7. The summed E-state index contributed by atoms with van der Waals surface area (Å²) in [7, 11) is 0. The van der Waals surface area contributed by atoms with Crippen LogP contribution in [-0.4, -0.2) is 28.2 Å². The van der Waals surface area contributed by atoms with E-state index in [9.17, 15) is 0 Å². The third kappa shape index (κ3) is 3.87. The van der Waals surface area contributed by atoms with Crippen molar-refractivity contribution in [3.05, 3.63) is 119 Å². The fourth-order valence-corrected chi connectivity index (χ4v) is 5.91. The number of hydrogen-bond donors (Lipinski definition) is 1. The number of ether oxygens (including phenoxy) is 2. The van der Waals surface area contributed by atoms with Crippen LogP contribution in [0.25, 0.3) is 5.69 Å². The van der Waals surface area contributed by atoms with Gasteiger partial charge in [0.1, 0.15) is 0 Å². The maximum absolute atomic E-state index is 5.64. The van der Waals surface area contributed by atoms with Crippen molar-refractivity contribution in [2.75, 3.05) is 17.0 Å². The van der Waals surface area contributed by atoms with Gasteiger partial charge in [0.2, 0.25) is 6.79 Å². The molecule has 0 radical (unpaired) electrons. The molecule has 0 saturated carbocycles. The van der Waals surface area contributed by atoms with Crippen LogP contribution in [0.4, 0.5) is 22.9 Å². The van der Waals surface area contributed by atoms with E-state index in [2.05, 4.69) is 72.6 Å². The summed E-state index contributed by atoms with van der Waals surface area (Å²) in [6, 6.07) is 32.9. The summed E-state index contributed by atoms with van der Waals surface area (Å²) in [6.45, 7) is 4.47. The fourth-order valence-electron chi connectivity index (χ4n) is 5.91. The maximum Gasteiger partial charge on any atom is 0.231 e. The van der Waals surface area contributed by atoms with Crippen LogP contribution in [0.1, 0.15) is 35.3 Å². The molecule has 0 amide bonds. The van der Waals surface area contributed by atoms with Crippen LogP contribution in [0.5, 0.6) is 11.5 Å². The smallest absolute Gasteiger partial charge is 0.231 e. The van der Waals surface area contributed by atoms with E-state index in [1.54, 1.807) is 0 Å². The molecule has 8 heteroatoms. The highest BCUT2D eigenvalue weighted by Crippen LogP contribution is 2.48. The Morgan fingerprint density at radius 2 is 1.64 bits per heavy atom. The van der Waals surface area contributed by atoms with Crippen molar-refractivity contribution in [1.82, 2.24) is 9.78 Å². The highest BCUT2D eigenvalue weighted by atomic mass is 16.7. The second-order valence-corrected chi connectivity index (χ2v) is 10.5. The van der Waals surface area contributed by atoms with Gasteiger partial charge in [-0.25, -0.2) is 14.7 Å². The normalized spacial score (nSPS) is 16.2. The average molecular weight is 553 g/mol. The van der Waals surface area contributed by atoms with Gasteiger partial charge in [-0.05, 0) is 60.9 Å². The molecule has 3 aliphatic rings. The zero-order valence-electron chi connectivity index (χ0n) is 23.3. The standard InChI is InChI=1S/C34H28N6O2/c1-3-22-13-15-23(16-14-22)31-30-21(2)38-40(25-9-5-4-6-10-25)33(30)37-34-32(36-26-11-7-8-12-27(26)39(31)34)35-24-17-18-28-29(19-24)42-20-41-28/h4-19,31H,3,20H2,1-2H3,(H,35,36)/t31-/m0/s1. The van der Waals surface area contributed by atoms with Gasteiger partial charge in [-0.3, -0.25) is 0 Å². The quantitative estimate of drug-likeness (QED) is 0.254. The minimum absolute atomic E-state index is 0.166. The Morgan fingerprint density at radius 1 is 0.857 bits per heavy atom. The van der Waals surface area contributed by atoms with Crippen LogP contribution in [0, 0.1) is 6.92 Å². The summed E-state index contributed by atoms with van der Waals surface area (Å²) in [5.74, 6) is 3.60. The summed E-state index contributed by atoms with van der Waals surface area (Å²) in [6.07, 6.45) is 0.983. The zero-order valence-corrected chi connectivity index (χ0v) is 23.3. The van der Waals surface area contributed by atoms with E-state index < -0.39 is 0 Å². The molecule has 8 nitrogen and oxygen atoms in total. The lowest BCUT2D eigenvalue weighted by molar-refractivity contribution is 0.174. The van der Waals surface area contributed by atoms with Crippen LogP contribution >= 0.6 is 0 Å². The maximum atomic E-state index is 5.64. The van der Waals surface area contributed by atoms with E-state index >= 15 is 0 Å². The van der Waals surface area contributed by atoms with Crippen molar-refractivity contribution in [3.63, 3.8) is 0 Å². The lowest BCUT2D eigenvalue weighted by atomic mass is 9.92. The van der Waals surface area contributed by atoms with Crippen molar-refractivity contribution in [2.45, 2.75) is 26.3 Å². The Bertz CT molecular complexity index is 1890. The van der Waals surface area contributed by atoms with Gasteiger partial charge >= 0.3 is 0 Å². The third-order valence-electron chi connectivity index (χ3n) is 7.98. The van der Waals surface area contributed by atoms with Crippen molar-refractivity contribution >= 4 is 34.6 Å². The number of amidine groups is 2.